The predicted molar refractivity (Wildman–Crippen MR) is 113 cm³/mol. The zero-order valence-corrected chi connectivity index (χ0v) is 17.9. The van der Waals surface area contributed by atoms with Crippen molar-refractivity contribution >= 4 is 17.5 Å². The summed E-state index contributed by atoms with van der Waals surface area (Å²) in [7, 11) is 0. The maximum Gasteiger partial charge on any atom is 0.338 e. The van der Waals surface area contributed by atoms with E-state index >= 15 is 0 Å². The van der Waals surface area contributed by atoms with Crippen LogP contribution in [0, 0.1) is 27.7 Å². The molecule has 3 aromatic rings. The fourth-order valence-electron chi connectivity index (χ4n) is 3.73. The number of nitrogens with zero attached hydrogens (tertiary/aromatic N) is 2. The van der Waals surface area contributed by atoms with Crippen LogP contribution in [0.2, 0.25) is 0 Å². The topological polar surface area (TPSA) is 127 Å². The van der Waals surface area contributed by atoms with Gasteiger partial charge < -0.3 is 14.9 Å². The summed E-state index contributed by atoms with van der Waals surface area (Å²) in [6.45, 7) is 6.93. The Bertz CT molecular complexity index is 1340. The number of ketones is 2. The first-order valence-corrected chi connectivity index (χ1v) is 9.86. The van der Waals surface area contributed by atoms with Gasteiger partial charge in [0.2, 0.25) is 5.78 Å². The number of fused-ring (bicyclic) bond motifs is 2. The monoisotopic (exact) mass is 432 g/mol. The normalized spacial score (nSPS) is 12.4. The highest BCUT2D eigenvalue weighted by molar-refractivity contribution is 6.30. The predicted octanol–water partition coefficient (Wildman–Crippen LogP) is 3.25. The van der Waals surface area contributed by atoms with E-state index in [1.807, 2.05) is 6.92 Å². The molecule has 0 radical (unpaired) electrons. The van der Waals surface area contributed by atoms with Gasteiger partial charge in [0.15, 0.2) is 5.78 Å². The average molecular weight is 432 g/mol. The molecular weight excluding hydrogens is 412 g/mol. The van der Waals surface area contributed by atoms with Crippen LogP contribution in [-0.4, -0.2) is 37.7 Å². The third-order valence-corrected chi connectivity index (χ3v) is 5.48. The fraction of sp³-hybridized carbons (Fsp3) is 0.208. The molecule has 0 fully saturated rings. The number of carbonyl (C=O) groups is 3. The van der Waals surface area contributed by atoms with E-state index in [1.165, 1.54) is 18.2 Å². The maximum absolute atomic E-state index is 13.0. The summed E-state index contributed by atoms with van der Waals surface area (Å²) in [6, 6.07) is 5.15. The number of rotatable bonds is 3. The lowest BCUT2D eigenvalue weighted by molar-refractivity contribution is 0.0465. The Morgan fingerprint density at radius 3 is 2.09 bits per heavy atom. The Kier molecular flexibility index (Phi) is 5.00. The molecule has 0 atom stereocenters. The number of aromatic hydroxyl groups is 2. The van der Waals surface area contributed by atoms with Crippen LogP contribution in [0.5, 0.6) is 11.5 Å². The molecule has 1 aliphatic rings. The highest BCUT2D eigenvalue weighted by Crippen LogP contribution is 2.38. The quantitative estimate of drug-likeness (QED) is 0.473. The highest BCUT2D eigenvalue weighted by Gasteiger charge is 2.35. The van der Waals surface area contributed by atoms with Crippen molar-refractivity contribution in [2.75, 3.05) is 0 Å². The molecule has 0 aliphatic heterocycles. The molecule has 0 amide bonds. The van der Waals surface area contributed by atoms with Gasteiger partial charge in [0.25, 0.3) is 0 Å². The molecule has 0 unspecified atom stereocenters. The number of benzene rings is 2. The van der Waals surface area contributed by atoms with E-state index in [1.54, 1.807) is 20.8 Å². The van der Waals surface area contributed by atoms with Gasteiger partial charge in [-0.1, -0.05) is 0 Å². The number of esters is 1. The molecule has 0 spiro atoms. The van der Waals surface area contributed by atoms with E-state index in [-0.39, 0.29) is 40.2 Å². The number of aryl methyl sites for hydroxylation is 4. The molecule has 2 aromatic carbocycles. The number of hydrogen-bond acceptors (Lipinski definition) is 8. The summed E-state index contributed by atoms with van der Waals surface area (Å²) in [4.78, 5) is 47.3. The van der Waals surface area contributed by atoms with Gasteiger partial charge in [-0.25, -0.2) is 4.79 Å². The molecule has 32 heavy (non-hydrogen) atoms. The van der Waals surface area contributed by atoms with Crippen LogP contribution in [0.25, 0.3) is 0 Å². The third-order valence-electron chi connectivity index (χ3n) is 5.48. The summed E-state index contributed by atoms with van der Waals surface area (Å²) in [5, 5.41) is 20.6. The van der Waals surface area contributed by atoms with E-state index in [2.05, 4.69) is 9.97 Å². The van der Waals surface area contributed by atoms with Gasteiger partial charge >= 0.3 is 5.97 Å². The summed E-state index contributed by atoms with van der Waals surface area (Å²) in [5.41, 5.74) is 2.60. The summed E-state index contributed by atoms with van der Waals surface area (Å²) >= 11 is 0. The molecule has 1 aliphatic carbocycles. The molecule has 0 saturated carbocycles. The van der Waals surface area contributed by atoms with Gasteiger partial charge in [-0.2, -0.15) is 0 Å². The lowest BCUT2D eigenvalue weighted by Gasteiger charge is -2.20. The van der Waals surface area contributed by atoms with Gasteiger partial charge in [-0.15, -0.1) is 0 Å². The number of hydrogen-bond donors (Lipinski definition) is 2. The van der Waals surface area contributed by atoms with Crippen LogP contribution >= 0.6 is 0 Å². The minimum atomic E-state index is -0.791. The Morgan fingerprint density at radius 1 is 0.812 bits per heavy atom. The SMILES string of the molecule is Cc1cc(O)c2c(c1)C(=O)c1cc(C(=O)OCc3nc(C)c(C)nc3C)cc(O)c1C2=O. The van der Waals surface area contributed by atoms with Crippen LogP contribution in [0.4, 0.5) is 0 Å². The highest BCUT2D eigenvalue weighted by atomic mass is 16.5. The fourth-order valence-corrected chi connectivity index (χ4v) is 3.73. The summed E-state index contributed by atoms with van der Waals surface area (Å²) < 4.78 is 5.32. The van der Waals surface area contributed by atoms with Crippen molar-refractivity contribution in [3.63, 3.8) is 0 Å². The average Bonchev–Trinajstić information content (AvgIpc) is 2.72. The molecule has 0 saturated heterocycles. The molecule has 162 valence electrons. The van der Waals surface area contributed by atoms with Crippen molar-refractivity contribution in [1.82, 2.24) is 9.97 Å². The lowest BCUT2D eigenvalue weighted by atomic mass is 9.81. The number of aromatic nitrogens is 2. The van der Waals surface area contributed by atoms with Crippen LogP contribution in [-0.2, 0) is 11.3 Å². The zero-order chi connectivity index (χ0) is 23.3. The van der Waals surface area contributed by atoms with Gasteiger partial charge in [-0.05, 0) is 57.5 Å². The molecule has 0 bridgehead atoms. The van der Waals surface area contributed by atoms with Crippen LogP contribution in [0.3, 0.4) is 0 Å². The largest absolute Gasteiger partial charge is 0.507 e. The Labute approximate surface area is 183 Å². The van der Waals surface area contributed by atoms with E-state index in [0.29, 0.717) is 17.0 Å². The molecule has 1 heterocycles. The van der Waals surface area contributed by atoms with Crippen molar-refractivity contribution in [3.8, 4) is 11.5 Å². The first kappa shape index (κ1) is 21.2. The molecule has 1 aromatic heterocycles. The van der Waals surface area contributed by atoms with Crippen molar-refractivity contribution in [3.05, 3.63) is 80.4 Å². The summed E-state index contributed by atoms with van der Waals surface area (Å²) in [6.07, 6.45) is 0. The van der Waals surface area contributed by atoms with Gasteiger partial charge in [-0.3, -0.25) is 19.6 Å². The lowest BCUT2D eigenvalue weighted by Crippen LogP contribution is -2.22. The minimum absolute atomic E-state index is 0.0194. The smallest absolute Gasteiger partial charge is 0.338 e. The second-order valence-electron chi connectivity index (χ2n) is 7.79. The van der Waals surface area contributed by atoms with Crippen molar-refractivity contribution < 1.29 is 29.3 Å². The number of phenolic OH excluding ortho intramolecular Hbond substituents is 2. The molecule has 8 nitrogen and oxygen atoms in total. The molecule has 2 N–H and O–H groups in total. The first-order chi connectivity index (χ1) is 15.1. The Hall–Kier alpha value is -4.07. The van der Waals surface area contributed by atoms with Crippen LogP contribution < -0.4 is 0 Å². The molecular formula is C24H20N2O6. The number of ether oxygens (including phenoxy) is 1. The second kappa shape index (κ2) is 7.56. The second-order valence-corrected chi connectivity index (χ2v) is 7.79. The first-order valence-electron chi connectivity index (χ1n) is 9.86. The van der Waals surface area contributed by atoms with Gasteiger partial charge in [0.05, 0.1) is 39.5 Å². The van der Waals surface area contributed by atoms with Crippen molar-refractivity contribution in [2.45, 2.75) is 34.3 Å². The number of phenols is 2. The summed E-state index contributed by atoms with van der Waals surface area (Å²) in [5.74, 6) is -2.93. The van der Waals surface area contributed by atoms with Gasteiger partial charge in [0, 0.05) is 11.1 Å². The minimum Gasteiger partial charge on any atom is -0.507 e. The maximum atomic E-state index is 13.0. The molecule has 8 heteroatoms. The van der Waals surface area contributed by atoms with Crippen LogP contribution in [0.15, 0.2) is 24.3 Å². The zero-order valence-electron chi connectivity index (χ0n) is 17.9. The molecule has 4 rings (SSSR count). The van der Waals surface area contributed by atoms with E-state index in [4.69, 9.17) is 4.74 Å². The van der Waals surface area contributed by atoms with Crippen molar-refractivity contribution in [1.29, 1.82) is 0 Å². The van der Waals surface area contributed by atoms with E-state index in [0.717, 1.165) is 17.5 Å². The van der Waals surface area contributed by atoms with E-state index < -0.39 is 23.3 Å². The van der Waals surface area contributed by atoms with E-state index in [9.17, 15) is 24.6 Å². The van der Waals surface area contributed by atoms with Crippen LogP contribution in [0.1, 0.15) is 70.5 Å². The Morgan fingerprint density at radius 2 is 1.41 bits per heavy atom. The standard InChI is InChI=1S/C24H20N2O6/c1-10-5-15-20(18(27)6-10)23(30)21-16(22(15)29)7-14(8-19(21)28)24(31)32-9-17-13(4)25-11(2)12(3)26-17/h5-8,27-28H,9H2,1-4H3. The van der Waals surface area contributed by atoms with Gasteiger partial charge in [0.1, 0.15) is 18.1 Å². The number of carbonyl (C=O) groups excluding carboxylic acids is 3. The Balaban J connectivity index is 1.68. The third kappa shape index (κ3) is 3.39. The van der Waals surface area contributed by atoms with Crippen molar-refractivity contribution in [2.24, 2.45) is 0 Å².